The van der Waals surface area contributed by atoms with E-state index in [9.17, 15) is 19.6 Å². The summed E-state index contributed by atoms with van der Waals surface area (Å²) in [6, 6.07) is 0. The standard InChI is InChI=1S/C27H53O6PS/c1-5-8-10-12-13-14-15-16-18-20-23-35-25(21-19-17-11-9-6-2)24(4)33-34(31)27(30,26(28)29)32-22-7-3/h24-25,30H,5-23H2,1-4H3/p+1. The van der Waals surface area contributed by atoms with Crippen LogP contribution in [0, 0.1) is 0 Å². The van der Waals surface area contributed by atoms with Gasteiger partial charge in [-0.15, -0.1) is 4.52 Å². The predicted molar refractivity (Wildman–Crippen MR) is 148 cm³/mol. The van der Waals surface area contributed by atoms with Crippen molar-refractivity contribution in [2.75, 3.05) is 12.4 Å². The minimum Gasteiger partial charge on any atom is -0.474 e. The van der Waals surface area contributed by atoms with Crippen molar-refractivity contribution in [2.24, 2.45) is 0 Å². The first-order valence-electron chi connectivity index (χ1n) is 14.2. The molecule has 0 spiro atoms. The molecule has 0 aliphatic heterocycles. The van der Waals surface area contributed by atoms with E-state index in [1.54, 1.807) is 6.92 Å². The Morgan fingerprint density at radius 2 is 1.31 bits per heavy atom. The molecule has 0 saturated heterocycles. The molecule has 2 N–H and O–H groups in total. The van der Waals surface area contributed by atoms with E-state index in [0.29, 0.717) is 6.42 Å². The monoisotopic (exact) mass is 537 g/mol. The van der Waals surface area contributed by atoms with E-state index in [1.165, 1.54) is 77.0 Å². The van der Waals surface area contributed by atoms with Crippen LogP contribution in [0.2, 0.25) is 0 Å². The summed E-state index contributed by atoms with van der Waals surface area (Å²) in [4.78, 5) is 11.5. The fourth-order valence-corrected chi connectivity index (χ4v) is 6.31. The third-order valence-electron chi connectivity index (χ3n) is 6.24. The first-order chi connectivity index (χ1) is 16.8. The van der Waals surface area contributed by atoms with Gasteiger partial charge in [0.25, 0.3) is 0 Å². The van der Waals surface area contributed by atoms with Gasteiger partial charge in [0, 0.05) is 5.25 Å². The van der Waals surface area contributed by atoms with Gasteiger partial charge in [0.2, 0.25) is 0 Å². The molecule has 0 fully saturated rings. The molecule has 0 bridgehead atoms. The highest BCUT2D eigenvalue weighted by molar-refractivity contribution is 7.99. The molecule has 0 saturated carbocycles. The number of unbranched alkanes of at least 4 members (excludes halogenated alkanes) is 13. The number of carboxylic acids is 1. The van der Waals surface area contributed by atoms with Gasteiger partial charge in [-0.05, 0) is 36.5 Å². The van der Waals surface area contributed by atoms with Crippen LogP contribution in [0.3, 0.4) is 0 Å². The van der Waals surface area contributed by atoms with Gasteiger partial charge in [-0.25, -0.2) is 4.79 Å². The Bertz CT molecular complexity index is 536. The van der Waals surface area contributed by atoms with Crippen molar-refractivity contribution < 1.29 is 28.8 Å². The van der Waals surface area contributed by atoms with Crippen LogP contribution in [0.4, 0.5) is 0 Å². The van der Waals surface area contributed by atoms with Crippen LogP contribution in [0.5, 0.6) is 0 Å². The summed E-state index contributed by atoms with van der Waals surface area (Å²) in [5.41, 5.74) is -2.80. The van der Waals surface area contributed by atoms with Crippen LogP contribution < -0.4 is 0 Å². The minimum absolute atomic E-state index is 0.00401. The van der Waals surface area contributed by atoms with Gasteiger partial charge in [-0.2, -0.15) is 11.8 Å². The van der Waals surface area contributed by atoms with Gasteiger partial charge in [-0.1, -0.05) is 111 Å². The number of aliphatic hydroxyl groups is 1. The Balaban J connectivity index is 4.57. The molecule has 0 aliphatic rings. The van der Waals surface area contributed by atoms with E-state index in [4.69, 9.17) is 9.26 Å². The summed E-state index contributed by atoms with van der Waals surface area (Å²) < 4.78 is 23.3. The van der Waals surface area contributed by atoms with Crippen molar-refractivity contribution in [1.29, 1.82) is 0 Å². The van der Waals surface area contributed by atoms with E-state index >= 15 is 0 Å². The van der Waals surface area contributed by atoms with Gasteiger partial charge < -0.3 is 10.2 Å². The van der Waals surface area contributed by atoms with Crippen molar-refractivity contribution in [2.45, 2.75) is 154 Å². The maximum absolute atomic E-state index is 12.7. The number of ether oxygens (including phenoxy) is 1. The van der Waals surface area contributed by atoms with Crippen molar-refractivity contribution in [3.8, 4) is 0 Å². The molecule has 4 unspecified atom stereocenters. The van der Waals surface area contributed by atoms with Gasteiger partial charge in [0.1, 0.15) is 6.10 Å². The maximum atomic E-state index is 12.7. The molecule has 0 amide bonds. The first-order valence-corrected chi connectivity index (χ1v) is 16.4. The Kier molecular flexibility index (Phi) is 22.8. The molecule has 4 atom stereocenters. The fourth-order valence-electron chi connectivity index (χ4n) is 3.95. The van der Waals surface area contributed by atoms with E-state index in [2.05, 4.69) is 13.8 Å². The lowest BCUT2D eigenvalue weighted by Crippen LogP contribution is -2.39. The highest BCUT2D eigenvalue weighted by Crippen LogP contribution is 2.42. The van der Waals surface area contributed by atoms with Crippen molar-refractivity contribution in [3.63, 3.8) is 0 Å². The highest BCUT2D eigenvalue weighted by Gasteiger charge is 2.61. The Morgan fingerprint density at radius 3 is 1.80 bits per heavy atom. The quantitative estimate of drug-likeness (QED) is 0.0647. The Hall–Kier alpha value is -0.200. The van der Waals surface area contributed by atoms with Crippen LogP contribution in [-0.2, 0) is 18.6 Å². The molecular weight excluding hydrogens is 483 g/mol. The summed E-state index contributed by atoms with van der Waals surface area (Å²) in [5, 5.41) is 19.8. The van der Waals surface area contributed by atoms with Crippen molar-refractivity contribution in [1.82, 2.24) is 0 Å². The molecule has 6 nitrogen and oxygen atoms in total. The normalized spacial score (nSPS) is 15.5. The summed E-state index contributed by atoms with van der Waals surface area (Å²) in [6.45, 7) is 8.06. The zero-order chi connectivity index (χ0) is 26.4. The van der Waals surface area contributed by atoms with Gasteiger partial charge >= 0.3 is 19.5 Å². The summed E-state index contributed by atoms with van der Waals surface area (Å²) >= 11 is 1.83. The average molecular weight is 538 g/mol. The van der Waals surface area contributed by atoms with E-state index in [-0.39, 0.29) is 11.9 Å². The van der Waals surface area contributed by atoms with E-state index in [0.717, 1.165) is 31.4 Å². The summed E-state index contributed by atoms with van der Waals surface area (Å²) in [6.07, 6.45) is 19.9. The van der Waals surface area contributed by atoms with Crippen molar-refractivity contribution in [3.05, 3.63) is 0 Å². The molecule has 0 rings (SSSR count). The lowest BCUT2D eigenvalue weighted by atomic mass is 10.1. The summed E-state index contributed by atoms with van der Waals surface area (Å²) in [7, 11) is -2.94. The summed E-state index contributed by atoms with van der Waals surface area (Å²) in [5.74, 6) is -0.663. The second-order valence-corrected chi connectivity index (χ2v) is 12.3. The second-order valence-electron chi connectivity index (χ2n) is 9.62. The number of thioether (sulfide) groups is 1. The molecule has 0 aliphatic carbocycles. The molecule has 0 heterocycles. The molecule has 0 aromatic carbocycles. The number of carboxylic acid groups (broad SMARTS) is 1. The van der Waals surface area contributed by atoms with Gasteiger partial charge in [0.15, 0.2) is 0 Å². The lowest BCUT2D eigenvalue weighted by molar-refractivity contribution is -0.192. The predicted octanol–water partition coefficient (Wildman–Crippen LogP) is 8.67. The van der Waals surface area contributed by atoms with E-state index < -0.39 is 25.6 Å². The fraction of sp³-hybridized carbons (Fsp3) is 0.963. The molecular formula is C27H54O6PS+. The topological polar surface area (TPSA) is 93.1 Å². The zero-order valence-electron chi connectivity index (χ0n) is 23.0. The number of rotatable bonds is 26. The SMILES string of the molecule is CCCCCCCCCCCCSC(CCCCCCC)C(C)O[P+](=O)C(O)(OCCC)C(=O)O. The number of hydrogen-bond donors (Lipinski definition) is 2. The van der Waals surface area contributed by atoms with Crippen LogP contribution >= 0.6 is 19.8 Å². The highest BCUT2D eigenvalue weighted by atomic mass is 32.2. The Labute approximate surface area is 220 Å². The maximum Gasteiger partial charge on any atom is 0.589 e. The molecule has 0 radical (unpaired) electrons. The van der Waals surface area contributed by atoms with Crippen LogP contribution in [0.1, 0.15) is 137 Å². The zero-order valence-corrected chi connectivity index (χ0v) is 24.7. The molecule has 0 aromatic heterocycles. The number of carbonyl (C=O) groups is 1. The third kappa shape index (κ3) is 17.0. The van der Waals surface area contributed by atoms with Crippen LogP contribution in [0.15, 0.2) is 0 Å². The first kappa shape index (κ1) is 34.8. The van der Waals surface area contributed by atoms with Crippen LogP contribution in [0.25, 0.3) is 0 Å². The smallest absolute Gasteiger partial charge is 0.474 e. The number of hydrogen-bond acceptors (Lipinski definition) is 6. The average Bonchev–Trinajstić information content (AvgIpc) is 2.83. The lowest BCUT2D eigenvalue weighted by Gasteiger charge is -2.21. The van der Waals surface area contributed by atoms with E-state index in [1.807, 2.05) is 18.7 Å². The third-order valence-corrected chi connectivity index (χ3v) is 9.15. The molecule has 208 valence electrons. The van der Waals surface area contributed by atoms with Crippen molar-refractivity contribution >= 4 is 25.8 Å². The molecule has 0 aromatic rings. The largest absolute Gasteiger partial charge is 0.589 e. The minimum atomic E-state index is -2.94. The van der Waals surface area contributed by atoms with Gasteiger partial charge in [0.05, 0.1) is 6.61 Å². The molecule has 35 heavy (non-hydrogen) atoms. The Morgan fingerprint density at radius 1 is 0.829 bits per heavy atom. The second kappa shape index (κ2) is 23.0. The van der Waals surface area contributed by atoms with Crippen LogP contribution in [-0.4, -0.2) is 45.4 Å². The molecule has 8 heteroatoms. The number of aliphatic carboxylic acids is 1. The van der Waals surface area contributed by atoms with Gasteiger partial charge in [-0.3, -0.25) is 4.74 Å².